The fourth-order valence-corrected chi connectivity index (χ4v) is 3.40. The van der Waals surface area contributed by atoms with E-state index in [1.807, 2.05) is 0 Å². The fourth-order valence-electron chi connectivity index (χ4n) is 1.98. The number of rotatable bonds is 5. The summed E-state index contributed by atoms with van der Waals surface area (Å²) in [5.74, 6) is -0.249. The summed E-state index contributed by atoms with van der Waals surface area (Å²) in [5.41, 5.74) is 2.02. The van der Waals surface area contributed by atoms with Gasteiger partial charge in [0, 0.05) is 11.1 Å². The van der Waals surface area contributed by atoms with Gasteiger partial charge < -0.3 is 5.32 Å². The van der Waals surface area contributed by atoms with Crippen molar-refractivity contribution in [2.75, 3.05) is 6.54 Å². The van der Waals surface area contributed by atoms with E-state index in [1.54, 1.807) is 17.4 Å². The highest BCUT2D eigenvalue weighted by molar-refractivity contribution is 9.11. The maximum Gasteiger partial charge on any atom is 0.123 e. The Morgan fingerprint density at radius 1 is 1.42 bits per heavy atom. The molecule has 0 fully saturated rings. The highest BCUT2D eigenvalue weighted by Gasteiger charge is 2.15. The highest BCUT2D eigenvalue weighted by Crippen LogP contribution is 2.29. The Morgan fingerprint density at radius 2 is 2.21 bits per heavy atom. The molecule has 0 aliphatic heterocycles. The lowest BCUT2D eigenvalue weighted by atomic mass is 10.0. The van der Waals surface area contributed by atoms with E-state index in [4.69, 9.17) is 11.6 Å². The molecule has 0 amide bonds. The van der Waals surface area contributed by atoms with E-state index >= 15 is 0 Å². The quantitative estimate of drug-likeness (QED) is 0.771. The Bertz CT molecular complexity index is 558. The van der Waals surface area contributed by atoms with Crippen LogP contribution in [0.3, 0.4) is 0 Å². The van der Waals surface area contributed by atoms with Gasteiger partial charge in [0.1, 0.15) is 5.82 Å². The van der Waals surface area contributed by atoms with Crippen LogP contribution in [0.2, 0.25) is 5.02 Å². The summed E-state index contributed by atoms with van der Waals surface area (Å²) < 4.78 is 14.4. The molecule has 1 atom stereocenters. The molecule has 1 N–H and O–H groups in total. The van der Waals surface area contributed by atoms with Crippen molar-refractivity contribution in [3.8, 4) is 0 Å². The first-order valence-electron chi connectivity index (χ1n) is 6.01. The molecule has 0 saturated carbocycles. The standard InChI is InChI=1S/C14H14BrClFNS/c1-2-18-13(10-7-14(15)19-8-10)6-9-5-11(17)3-4-12(9)16/h3-5,7-8,13,18H,2,6H2,1H3. The van der Waals surface area contributed by atoms with Crippen molar-refractivity contribution in [2.45, 2.75) is 19.4 Å². The molecular weight excluding hydrogens is 349 g/mol. The van der Waals surface area contributed by atoms with Crippen molar-refractivity contribution in [1.29, 1.82) is 0 Å². The molecule has 0 bridgehead atoms. The molecule has 0 saturated heterocycles. The Labute approximate surface area is 129 Å². The summed E-state index contributed by atoms with van der Waals surface area (Å²) in [7, 11) is 0. The second-order valence-electron chi connectivity index (χ2n) is 4.23. The van der Waals surface area contributed by atoms with Crippen LogP contribution in [0.15, 0.2) is 33.4 Å². The average molecular weight is 363 g/mol. The van der Waals surface area contributed by atoms with Gasteiger partial charge in [-0.2, -0.15) is 0 Å². The first kappa shape index (κ1) is 15.0. The summed E-state index contributed by atoms with van der Waals surface area (Å²) in [5, 5.41) is 6.12. The number of halogens is 3. The summed E-state index contributed by atoms with van der Waals surface area (Å²) in [6.07, 6.45) is 0.674. The zero-order valence-corrected chi connectivity index (χ0v) is 13.6. The van der Waals surface area contributed by atoms with Crippen molar-refractivity contribution < 1.29 is 4.39 Å². The van der Waals surface area contributed by atoms with E-state index in [2.05, 4.69) is 39.6 Å². The molecule has 1 heterocycles. The van der Waals surface area contributed by atoms with Gasteiger partial charge in [0.15, 0.2) is 0 Å². The lowest BCUT2D eigenvalue weighted by Gasteiger charge is -2.17. The maximum absolute atomic E-state index is 13.3. The molecule has 0 radical (unpaired) electrons. The Kier molecular flexibility index (Phi) is 5.39. The SMILES string of the molecule is CCNC(Cc1cc(F)ccc1Cl)c1csc(Br)c1. The lowest BCUT2D eigenvalue weighted by molar-refractivity contribution is 0.548. The molecular formula is C14H14BrClFNS. The predicted molar refractivity (Wildman–Crippen MR) is 83.6 cm³/mol. The highest BCUT2D eigenvalue weighted by atomic mass is 79.9. The zero-order chi connectivity index (χ0) is 13.8. The number of hydrogen-bond acceptors (Lipinski definition) is 2. The third-order valence-electron chi connectivity index (χ3n) is 2.87. The number of hydrogen-bond donors (Lipinski definition) is 1. The van der Waals surface area contributed by atoms with Crippen molar-refractivity contribution in [2.24, 2.45) is 0 Å². The van der Waals surface area contributed by atoms with E-state index in [-0.39, 0.29) is 11.9 Å². The van der Waals surface area contributed by atoms with Gasteiger partial charge in [-0.3, -0.25) is 0 Å². The third kappa shape index (κ3) is 4.02. The second-order valence-corrected chi connectivity index (χ2v) is 6.93. The van der Waals surface area contributed by atoms with Crippen LogP contribution >= 0.6 is 38.9 Å². The minimum atomic E-state index is -0.249. The summed E-state index contributed by atoms with van der Waals surface area (Å²) in [6, 6.07) is 6.74. The van der Waals surface area contributed by atoms with Gasteiger partial charge in [-0.1, -0.05) is 18.5 Å². The van der Waals surface area contributed by atoms with Gasteiger partial charge in [0.05, 0.1) is 3.79 Å². The summed E-state index contributed by atoms with van der Waals surface area (Å²) in [6.45, 7) is 2.91. The first-order valence-corrected chi connectivity index (χ1v) is 8.06. The van der Waals surface area contributed by atoms with Crippen LogP contribution in [0, 0.1) is 5.82 Å². The van der Waals surface area contributed by atoms with Gasteiger partial charge >= 0.3 is 0 Å². The molecule has 0 spiro atoms. The van der Waals surface area contributed by atoms with E-state index in [0.29, 0.717) is 11.4 Å². The van der Waals surface area contributed by atoms with E-state index in [9.17, 15) is 4.39 Å². The van der Waals surface area contributed by atoms with Gasteiger partial charge in [0.2, 0.25) is 0 Å². The Morgan fingerprint density at radius 3 is 2.84 bits per heavy atom. The van der Waals surface area contributed by atoms with E-state index in [0.717, 1.165) is 15.9 Å². The molecule has 0 aliphatic carbocycles. The zero-order valence-electron chi connectivity index (χ0n) is 10.4. The van der Waals surface area contributed by atoms with Gasteiger partial charge in [0.25, 0.3) is 0 Å². The topological polar surface area (TPSA) is 12.0 Å². The molecule has 0 aliphatic rings. The molecule has 19 heavy (non-hydrogen) atoms. The number of thiophene rings is 1. The van der Waals surface area contributed by atoms with Crippen molar-refractivity contribution in [3.63, 3.8) is 0 Å². The number of likely N-dealkylation sites (N-methyl/N-ethyl adjacent to an activating group) is 1. The van der Waals surface area contributed by atoms with Crippen molar-refractivity contribution in [3.05, 3.63) is 55.4 Å². The summed E-state index contributed by atoms with van der Waals surface area (Å²) >= 11 is 11.2. The second kappa shape index (κ2) is 6.84. The van der Waals surface area contributed by atoms with Crippen LogP contribution in [0.4, 0.5) is 4.39 Å². The van der Waals surface area contributed by atoms with E-state index in [1.165, 1.54) is 17.7 Å². The Hall–Kier alpha value is -0.420. The monoisotopic (exact) mass is 361 g/mol. The normalized spacial score (nSPS) is 12.6. The first-order chi connectivity index (χ1) is 9.10. The molecule has 1 aromatic heterocycles. The fraction of sp³-hybridized carbons (Fsp3) is 0.286. The van der Waals surface area contributed by atoms with Crippen LogP contribution < -0.4 is 5.32 Å². The van der Waals surface area contributed by atoms with Crippen molar-refractivity contribution >= 4 is 38.9 Å². The Balaban J connectivity index is 2.23. The van der Waals surface area contributed by atoms with Crippen LogP contribution in [0.1, 0.15) is 24.1 Å². The average Bonchev–Trinajstić information content (AvgIpc) is 2.80. The van der Waals surface area contributed by atoms with Crippen LogP contribution in [0.5, 0.6) is 0 Å². The molecule has 1 aromatic carbocycles. The molecule has 5 heteroatoms. The molecule has 1 nitrogen and oxygen atoms in total. The van der Waals surface area contributed by atoms with E-state index < -0.39 is 0 Å². The van der Waals surface area contributed by atoms with Gasteiger partial charge in [-0.05, 0) is 69.7 Å². The van der Waals surface area contributed by atoms with Crippen LogP contribution in [-0.2, 0) is 6.42 Å². The van der Waals surface area contributed by atoms with Gasteiger partial charge in [-0.25, -0.2) is 4.39 Å². The summed E-state index contributed by atoms with van der Waals surface area (Å²) in [4.78, 5) is 0. The lowest BCUT2D eigenvalue weighted by Crippen LogP contribution is -2.22. The van der Waals surface area contributed by atoms with Crippen LogP contribution in [0.25, 0.3) is 0 Å². The number of benzene rings is 1. The van der Waals surface area contributed by atoms with Crippen molar-refractivity contribution in [1.82, 2.24) is 5.32 Å². The maximum atomic E-state index is 13.3. The largest absolute Gasteiger partial charge is 0.310 e. The molecule has 102 valence electrons. The molecule has 2 aromatic rings. The molecule has 1 unspecified atom stereocenters. The smallest absolute Gasteiger partial charge is 0.123 e. The number of nitrogens with one attached hydrogen (secondary N) is 1. The minimum absolute atomic E-state index is 0.145. The minimum Gasteiger partial charge on any atom is -0.310 e. The predicted octanol–water partition coefficient (Wildman–Crippen LogP) is 5.20. The van der Waals surface area contributed by atoms with Crippen LogP contribution in [-0.4, -0.2) is 6.54 Å². The molecule has 2 rings (SSSR count). The third-order valence-corrected chi connectivity index (χ3v) is 4.76. The van der Waals surface area contributed by atoms with Gasteiger partial charge in [-0.15, -0.1) is 11.3 Å².